The van der Waals surface area contributed by atoms with Crippen LogP contribution in [0.2, 0.25) is 5.02 Å². The Hall–Kier alpha value is -2.71. The van der Waals surface area contributed by atoms with Crippen LogP contribution in [0.4, 0.5) is 16.2 Å². The van der Waals surface area contributed by atoms with Gasteiger partial charge in [0, 0.05) is 28.0 Å². The number of benzene rings is 2. The Bertz CT molecular complexity index is 1000. The lowest BCUT2D eigenvalue weighted by Crippen LogP contribution is -2.36. The first-order valence-electron chi connectivity index (χ1n) is 10.6. The lowest BCUT2D eigenvalue weighted by atomic mass is 10.0. The minimum Gasteiger partial charge on any atom is -0.332 e. The number of carbonyl (C=O) groups is 3. The van der Waals surface area contributed by atoms with Crippen LogP contribution in [-0.2, 0) is 4.79 Å². The monoisotopic (exact) mass is 472 g/mol. The van der Waals surface area contributed by atoms with E-state index in [1.165, 1.54) is 0 Å². The van der Waals surface area contributed by atoms with Crippen molar-refractivity contribution in [3.63, 3.8) is 0 Å². The third-order valence-electron chi connectivity index (χ3n) is 5.64. The maximum absolute atomic E-state index is 12.5. The molecule has 9 heteroatoms. The maximum atomic E-state index is 12.5. The highest BCUT2D eigenvalue weighted by atomic mass is 35.5. The van der Waals surface area contributed by atoms with E-state index in [1.807, 2.05) is 17.8 Å². The van der Waals surface area contributed by atoms with Crippen molar-refractivity contribution in [3.8, 4) is 0 Å². The molecule has 2 aromatic rings. The van der Waals surface area contributed by atoms with Crippen LogP contribution in [0, 0.1) is 0 Å². The number of hydrogen-bond acceptors (Lipinski definition) is 4. The molecule has 4 rings (SSSR count). The van der Waals surface area contributed by atoms with Gasteiger partial charge in [-0.2, -0.15) is 11.8 Å². The number of fused-ring (bicyclic) bond motifs is 1. The molecule has 0 spiro atoms. The molecule has 2 aromatic carbocycles. The first kappa shape index (κ1) is 22.5. The number of hydrogen-bond donors (Lipinski definition) is 4. The number of amides is 4. The van der Waals surface area contributed by atoms with Crippen LogP contribution < -0.4 is 21.3 Å². The lowest BCUT2D eigenvalue weighted by molar-refractivity contribution is -0.116. The zero-order valence-electron chi connectivity index (χ0n) is 17.4. The van der Waals surface area contributed by atoms with Crippen molar-refractivity contribution in [2.45, 2.75) is 43.0 Å². The number of thioether (sulfide) groups is 1. The number of halogens is 1. The summed E-state index contributed by atoms with van der Waals surface area (Å²) in [7, 11) is 0. The average Bonchev–Trinajstić information content (AvgIpc) is 3.32. The predicted octanol–water partition coefficient (Wildman–Crippen LogP) is 4.26. The highest BCUT2D eigenvalue weighted by Crippen LogP contribution is 2.33. The zero-order chi connectivity index (χ0) is 22.5. The van der Waals surface area contributed by atoms with Gasteiger partial charge in [0.1, 0.15) is 0 Å². The van der Waals surface area contributed by atoms with E-state index in [-0.39, 0.29) is 29.9 Å². The van der Waals surface area contributed by atoms with Crippen LogP contribution in [0.5, 0.6) is 0 Å². The van der Waals surface area contributed by atoms with E-state index >= 15 is 0 Å². The van der Waals surface area contributed by atoms with E-state index in [4.69, 9.17) is 11.6 Å². The number of para-hydroxylation sites is 2. The fourth-order valence-electron chi connectivity index (χ4n) is 3.98. The summed E-state index contributed by atoms with van der Waals surface area (Å²) < 4.78 is 0. The smallest absolute Gasteiger partial charge is 0.315 e. The molecule has 2 heterocycles. The van der Waals surface area contributed by atoms with E-state index in [2.05, 4.69) is 21.3 Å². The van der Waals surface area contributed by atoms with Crippen LogP contribution in [0.15, 0.2) is 48.5 Å². The van der Waals surface area contributed by atoms with Gasteiger partial charge in [0.2, 0.25) is 5.91 Å². The molecule has 2 fully saturated rings. The van der Waals surface area contributed by atoms with Gasteiger partial charge >= 0.3 is 6.03 Å². The van der Waals surface area contributed by atoms with Gasteiger partial charge in [-0.15, -0.1) is 0 Å². The van der Waals surface area contributed by atoms with Gasteiger partial charge in [0.15, 0.2) is 0 Å². The van der Waals surface area contributed by atoms with Crippen LogP contribution in [0.25, 0.3) is 0 Å². The molecule has 2 saturated heterocycles. The SMILES string of the molecule is O=C(CCCC[C@@H]1SC[C@@H]2NC(=O)N[C@@H]21)Nc1ccccc1NC(=O)c1ccc(Cl)cc1. The van der Waals surface area contributed by atoms with Gasteiger partial charge < -0.3 is 21.3 Å². The molecule has 3 atom stereocenters. The Labute approximate surface area is 196 Å². The summed E-state index contributed by atoms with van der Waals surface area (Å²) in [5.74, 6) is 0.572. The first-order valence-corrected chi connectivity index (χ1v) is 12.1. The Balaban J connectivity index is 1.24. The van der Waals surface area contributed by atoms with Gasteiger partial charge in [-0.1, -0.05) is 30.2 Å². The molecule has 0 bridgehead atoms. The van der Waals surface area contributed by atoms with E-state index in [0.717, 1.165) is 25.0 Å². The molecule has 2 aliphatic rings. The molecule has 32 heavy (non-hydrogen) atoms. The van der Waals surface area contributed by atoms with Crippen molar-refractivity contribution in [2.24, 2.45) is 0 Å². The highest BCUT2D eigenvalue weighted by molar-refractivity contribution is 8.00. The molecule has 2 aliphatic heterocycles. The largest absolute Gasteiger partial charge is 0.332 e. The second-order valence-electron chi connectivity index (χ2n) is 7.92. The fourth-order valence-corrected chi connectivity index (χ4v) is 5.65. The molecule has 0 radical (unpaired) electrons. The van der Waals surface area contributed by atoms with Gasteiger partial charge in [-0.3, -0.25) is 9.59 Å². The summed E-state index contributed by atoms with van der Waals surface area (Å²) in [6.07, 6.45) is 3.05. The number of unbranched alkanes of at least 4 members (excludes halogenated alkanes) is 1. The minimum absolute atomic E-state index is 0.0773. The van der Waals surface area contributed by atoms with Gasteiger partial charge in [0.05, 0.1) is 23.5 Å². The molecule has 0 saturated carbocycles. The van der Waals surface area contributed by atoms with Gasteiger partial charge in [0.25, 0.3) is 5.91 Å². The molecule has 0 unspecified atom stereocenters. The first-order chi connectivity index (χ1) is 15.5. The molecule has 4 amide bonds. The molecular weight excluding hydrogens is 448 g/mol. The highest BCUT2D eigenvalue weighted by Gasteiger charge is 2.42. The van der Waals surface area contributed by atoms with E-state index in [9.17, 15) is 14.4 Å². The van der Waals surface area contributed by atoms with E-state index < -0.39 is 0 Å². The van der Waals surface area contributed by atoms with Crippen LogP contribution >= 0.6 is 23.4 Å². The standard InChI is InChI=1S/C23H25ClN4O3S/c24-15-11-9-14(10-12-15)22(30)26-17-6-2-1-5-16(17)25-20(29)8-4-3-7-19-21-18(13-32-19)27-23(31)28-21/h1-2,5-6,9-12,18-19,21H,3-4,7-8,13H2,(H,25,29)(H,26,30)(H2,27,28,31)/t18-,19-,21-/m0/s1. The summed E-state index contributed by atoms with van der Waals surface area (Å²) in [5, 5.41) is 12.6. The maximum Gasteiger partial charge on any atom is 0.315 e. The van der Waals surface area contributed by atoms with Crippen molar-refractivity contribution in [1.29, 1.82) is 0 Å². The van der Waals surface area contributed by atoms with Crippen molar-refractivity contribution < 1.29 is 14.4 Å². The predicted molar refractivity (Wildman–Crippen MR) is 128 cm³/mol. The average molecular weight is 473 g/mol. The normalized spacial score (nSPS) is 21.4. The number of nitrogens with one attached hydrogen (secondary N) is 4. The quantitative estimate of drug-likeness (QED) is 0.341. The van der Waals surface area contributed by atoms with Crippen molar-refractivity contribution >= 4 is 52.6 Å². The molecule has 0 aliphatic carbocycles. The van der Waals surface area contributed by atoms with Gasteiger partial charge in [-0.25, -0.2) is 4.79 Å². The van der Waals surface area contributed by atoms with Crippen LogP contribution in [-0.4, -0.2) is 40.9 Å². The van der Waals surface area contributed by atoms with Crippen LogP contribution in [0.1, 0.15) is 36.0 Å². The summed E-state index contributed by atoms with van der Waals surface area (Å²) >= 11 is 7.76. The third-order valence-corrected chi connectivity index (χ3v) is 7.40. The van der Waals surface area contributed by atoms with Crippen molar-refractivity contribution in [2.75, 3.05) is 16.4 Å². The zero-order valence-corrected chi connectivity index (χ0v) is 19.0. The Morgan fingerprint density at radius 1 is 1.00 bits per heavy atom. The second kappa shape index (κ2) is 10.3. The number of rotatable bonds is 8. The summed E-state index contributed by atoms with van der Waals surface area (Å²) in [4.78, 5) is 36.4. The van der Waals surface area contributed by atoms with Crippen molar-refractivity contribution in [1.82, 2.24) is 10.6 Å². The summed E-state index contributed by atoms with van der Waals surface area (Å²) in [5.41, 5.74) is 1.59. The number of carbonyl (C=O) groups excluding carboxylic acids is 3. The summed E-state index contributed by atoms with van der Waals surface area (Å²) in [6, 6.07) is 14.1. The van der Waals surface area contributed by atoms with E-state index in [1.54, 1.807) is 42.5 Å². The molecule has 0 aromatic heterocycles. The number of urea groups is 1. The minimum atomic E-state index is -0.274. The second-order valence-corrected chi connectivity index (χ2v) is 9.63. The Kier molecular flexibility index (Phi) is 7.22. The Morgan fingerprint density at radius 2 is 1.72 bits per heavy atom. The molecular formula is C23H25ClN4O3S. The molecule has 7 nitrogen and oxygen atoms in total. The van der Waals surface area contributed by atoms with Crippen molar-refractivity contribution in [3.05, 3.63) is 59.1 Å². The lowest BCUT2D eigenvalue weighted by Gasteiger charge is -2.16. The molecule has 4 N–H and O–H groups in total. The van der Waals surface area contributed by atoms with Gasteiger partial charge in [-0.05, 0) is 49.2 Å². The van der Waals surface area contributed by atoms with Crippen LogP contribution in [0.3, 0.4) is 0 Å². The third kappa shape index (κ3) is 5.55. The Morgan fingerprint density at radius 3 is 2.47 bits per heavy atom. The summed E-state index contributed by atoms with van der Waals surface area (Å²) in [6.45, 7) is 0. The van der Waals surface area contributed by atoms with E-state index in [0.29, 0.717) is 33.6 Å². The number of anilines is 2. The fraction of sp³-hybridized carbons (Fsp3) is 0.348. The molecule has 168 valence electrons. The topological polar surface area (TPSA) is 99.3 Å².